The quantitative estimate of drug-likeness (QED) is 0.778. The number of hydrogen-bond acceptors (Lipinski definition) is 3. The Labute approximate surface area is 113 Å². The summed E-state index contributed by atoms with van der Waals surface area (Å²) in [5, 5.41) is 3.66. The molecule has 3 nitrogen and oxygen atoms in total. The lowest BCUT2D eigenvalue weighted by Crippen LogP contribution is -2.46. The van der Waals surface area contributed by atoms with Crippen molar-refractivity contribution >= 4 is 0 Å². The molecule has 2 aliphatic heterocycles. The van der Waals surface area contributed by atoms with Crippen LogP contribution in [0, 0.1) is 5.92 Å². The first-order valence-corrected chi connectivity index (χ1v) is 7.92. The highest BCUT2D eigenvalue weighted by atomic mass is 15.2. The Morgan fingerprint density at radius 2 is 2.00 bits per heavy atom. The van der Waals surface area contributed by atoms with E-state index in [2.05, 4.69) is 29.1 Å². The topological polar surface area (TPSA) is 18.5 Å². The molecule has 0 radical (unpaired) electrons. The van der Waals surface area contributed by atoms with Gasteiger partial charge in [-0.25, -0.2) is 0 Å². The second kappa shape index (κ2) is 7.46. The Morgan fingerprint density at radius 3 is 2.61 bits per heavy atom. The Hall–Kier alpha value is -0.120. The third-order valence-electron chi connectivity index (χ3n) is 4.59. The van der Waals surface area contributed by atoms with Crippen molar-refractivity contribution in [2.75, 3.05) is 46.3 Å². The lowest BCUT2D eigenvalue weighted by atomic mass is 9.93. The molecule has 0 spiro atoms. The maximum Gasteiger partial charge on any atom is 0.0110 e. The zero-order chi connectivity index (χ0) is 12.8. The second-order valence-corrected chi connectivity index (χ2v) is 6.29. The Kier molecular flexibility index (Phi) is 5.93. The summed E-state index contributed by atoms with van der Waals surface area (Å²) in [6, 6.07) is 0.814. The number of rotatable bonds is 6. The van der Waals surface area contributed by atoms with Crippen LogP contribution in [-0.2, 0) is 0 Å². The molecule has 2 atom stereocenters. The van der Waals surface area contributed by atoms with Crippen molar-refractivity contribution in [3.05, 3.63) is 0 Å². The monoisotopic (exact) mass is 253 g/mol. The minimum atomic E-state index is 0.814. The highest BCUT2D eigenvalue weighted by Crippen LogP contribution is 2.20. The molecule has 2 saturated heterocycles. The average Bonchev–Trinajstić information content (AvgIpc) is 2.85. The van der Waals surface area contributed by atoms with Crippen molar-refractivity contribution in [2.24, 2.45) is 5.92 Å². The third kappa shape index (κ3) is 4.52. The highest BCUT2D eigenvalue weighted by molar-refractivity contribution is 4.80. The summed E-state index contributed by atoms with van der Waals surface area (Å²) in [6.07, 6.45) is 6.94. The van der Waals surface area contributed by atoms with Gasteiger partial charge in [0.15, 0.2) is 0 Å². The van der Waals surface area contributed by atoms with Crippen LogP contribution in [0.25, 0.3) is 0 Å². The van der Waals surface area contributed by atoms with E-state index in [1.54, 1.807) is 0 Å². The number of hydrogen-bond donors (Lipinski definition) is 1. The van der Waals surface area contributed by atoms with Crippen molar-refractivity contribution in [1.29, 1.82) is 0 Å². The molecule has 2 heterocycles. The first-order valence-electron chi connectivity index (χ1n) is 7.92. The Morgan fingerprint density at radius 1 is 1.22 bits per heavy atom. The van der Waals surface area contributed by atoms with Crippen molar-refractivity contribution in [3.8, 4) is 0 Å². The van der Waals surface area contributed by atoms with Crippen molar-refractivity contribution in [2.45, 2.75) is 45.1 Å². The van der Waals surface area contributed by atoms with Gasteiger partial charge in [0.25, 0.3) is 0 Å². The first kappa shape index (κ1) is 14.3. The lowest BCUT2D eigenvalue weighted by molar-refractivity contribution is 0.128. The van der Waals surface area contributed by atoms with Crippen LogP contribution in [-0.4, -0.2) is 62.2 Å². The van der Waals surface area contributed by atoms with Gasteiger partial charge in [-0.2, -0.15) is 0 Å². The minimum absolute atomic E-state index is 0.814. The molecule has 2 rings (SSSR count). The lowest BCUT2D eigenvalue weighted by Gasteiger charge is -2.35. The van der Waals surface area contributed by atoms with Gasteiger partial charge in [-0.3, -0.25) is 0 Å². The van der Waals surface area contributed by atoms with Crippen LogP contribution < -0.4 is 5.32 Å². The molecular weight excluding hydrogens is 222 g/mol. The van der Waals surface area contributed by atoms with E-state index in [1.807, 2.05) is 0 Å². The summed E-state index contributed by atoms with van der Waals surface area (Å²) in [7, 11) is 2.24. The van der Waals surface area contributed by atoms with Crippen LogP contribution in [0.5, 0.6) is 0 Å². The van der Waals surface area contributed by atoms with E-state index in [0.717, 1.165) is 12.0 Å². The summed E-state index contributed by atoms with van der Waals surface area (Å²) in [5.74, 6) is 0.911. The molecule has 106 valence electrons. The summed E-state index contributed by atoms with van der Waals surface area (Å²) in [5.41, 5.74) is 0. The third-order valence-corrected chi connectivity index (χ3v) is 4.59. The highest BCUT2D eigenvalue weighted by Gasteiger charge is 2.22. The summed E-state index contributed by atoms with van der Waals surface area (Å²) in [6.45, 7) is 9.96. The molecule has 0 amide bonds. The fourth-order valence-electron chi connectivity index (χ4n) is 3.45. The predicted octanol–water partition coefficient (Wildman–Crippen LogP) is 1.79. The molecule has 0 bridgehead atoms. The maximum atomic E-state index is 3.66. The predicted molar refractivity (Wildman–Crippen MR) is 78.0 cm³/mol. The van der Waals surface area contributed by atoms with Gasteiger partial charge in [-0.05, 0) is 45.2 Å². The van der Waals surface area contributed by atoms with Gasteiger partial charge >= 0.3 is 0 Å². The van der Waals surface area contributed by atoms with Gasteiger partial charge in [0, 0.05) is 38.8 Å². The molecule has 2 unspecified atom stereocenters. The van der Waals surface area contributed by atoms with Crippen LogP contribution >= 0.6 is 0 Å². The molecule has 2 aliphatic rings. The van der Waals surface area contributed by atoms with Gasteiger partial charge in [-0.1, -0.05) is 13.3 Å². The summed E-state index contributed by atoms with van der Waals surface area (Å²) < 4.78 is 0. The second-order valence-electron chi connectivity index (χ2n) is 6.29. The standard InChI is InChI=1S/C15H31N3/c1-3-5-14(12-15-6-4-7-16-15)13-18-10-8-17(2)9-11-18/h14-16H,3-13H2,1-2H3. The van der Waals surface area contributed by atoms with E-state index < -0.39 is 0 Å². The van der Waals surface area contributed by atoms with Crippen molar-refractivity contribution < 1.29 is 0 Å². The van der Waals surface area contributed by atoms with Gasteiger partial charge in [0.1, 0.15) is 0 Å². The average molecular weight is 253 g/mol. The van der Waals surface area contributed by atoms with Crippen molar-refractivity contribution in [1.82, 2.24) is 15.1 Å². The molecule has 3 heteroatoms. The van der Waals surface area contributed by atoms with E-state index >= 15 is 0 Å². The van der Waals surface area contributed by atoms with Crippen molar-refractivity contribution in [3.63, 3.8) is 0 Å². The molecule has 1 N–H and O–H groups in total. The molecule has 18 heavy (non-hydrogen) atoms. The number of piperazine rings is 1. The van der Waals surface area contributed by atoms with E-state index in [4.69, 9.17) is 0 Å². The SMILES string of the molecule is CCCC(CC1CCCN1)CN1CCN(C)CC1. The Bertz CT molecular complexity index is 218. The van der Waals surface area contributed by atoms with Crippen LogP contribution in [0.15, 0.2) is 0 Å². The molecule has 0 saturated carbocycles. The minimum Gasteiger partial charge on any atom is -0.314 e. The van der Waals surface area contributed by atoms with Crippen LogP contribution in [0.4, 0.5) is 0 Å². The number of nitrogens with one attached hydrogen (secondary N) is 1. The van der Waals surface area contributed by atoms with E-state index in [9.17, 15) is 0 Å². The van der Waals surface area contributed by atoms with Gasteiger partial charge in [0.05, 0.1) is 0 Å². The molecule has 2 fully saturated rings. The zero-order valence-corrected chi connectivity index (χ0v) is 12.3. The van der Waals surface area contributed by atoms with Crippen LogP contribution in [0.2, 0.25) is 0 Å². The van der Waals surface area contributed by atoms with Crippen LogP contribution in [0.3, 0.4) is 0 Å². The van der Waals surface area contributed by atoms with Gasteiger partial charge < -0.3 is 15.1 Å². The molecule has 0 aromatic heterocycles. The molecule has 0 aliphatic carbocycles. The van der Waals surface area contributed by atoms with Crippen LogP contribution in [0.1, 0.15) is 39.0 Å². The molecule has 0 aromatic rings. The first-order chi connectivity index (χ1) is 8.78. The molecule has 0 aromatic carbocycles. The largest absolute Gasteiger partial charge is 0.314 e. The number of nitrogens with zero attached hydrogens (tertiary/aromatic N) is 2. The van der Waals surface area contributed by atoms with E-state index in [1.165, 1.54) is 71.4 Å². The fraction of sp³-hybridized carbons (Fsp3) is 1.00. The normalized spacial score (nSPS) is 28.7. The van der Waals surface area contributed by atoms with Gasteiger partial charge in [-0.15, -0.1) is 0 Å². The number of likely N-dealkylation sites (N-methyl/N-ethyl adjacent to an activating group) is 1. The fourth-order valence-corrected chi connectivity index (χ4v) is 3.45. The van der Waals surface area contributed by atoms with Gasteiger partial charge in [0.2, 0.25) is 0 Å². The van der Waals surface area contributed by atoms with E-state index in [0.29, 0.717) is 0 Å². The Balaban J connectivity index is 1.74. The smallest absolute Gasteiger partial charge is 0.0110 e. The molecular formula is C15H31N3. The van der Waals surface area contributed by atoms with E-state index in [-0.39, 0.29) is 0 Å². The zero-order valence-electron chi connectivity index (χ0n) is 12.3. The summed E-state index contributed by atoms with van der Waals surface area (Å²) >= 11 is 0. The maximum absolute atomic E-state index is 3.66. The summed E-state index contributed by atoms with van der Waals surface area (Å²) in [4.78, 5) is 5.14.